The summed E-state index contributed by atoms with van der Waals surface area (Å²) >= 11 is 3.35. The largest absolute Gasteiger partial charge is 0.474 e. The van der Waals surface area contributed by atoms with Crippen LogP contribution < -0.4 is 4.74 Å². The second kappa shape index (κ2) is 4.30. The smallest absolute Gasteiger partial charge is 0.213 e. The molecule has 1 fully saturated rings. The Morgan fingerprint density at radius 3 is 2.86 bits per heavy atom. The Hall–Kier alpha value is -0.570. The van der Waals surface area contributed by atoms with E-state index in [0.717, 1.165) is 22.7 Å². The molecule has 1 aromatic heterocycles. The van der Waals surface area contributed by atoms with Crippen LogP contribution in [-0.4, -0.2) is 11.1 Å². The topological polar surface area (TPSA) is 22.1 Å². The Kier molecular flexibility index (Phi) is 3.06. The van der Waals surface area contributed by atoms with Gasteiger partial charge in [-0.3, -0.25) is 0 Å². The minimum absolute atomic E-state index is 0.374. The van der Waals surface area contributed by atoms with Crippen molar-refractivity contribution in [1.82, 2.24) is 4.98 Å². The van der Waals surface area contributed by atoms with Crippen LogP contribution in [0.15, 0.2) is 22.8 Å². The molecule has 0 N–H and O–H groups in total. The predicted octanol–water partition coefficient (Wildman–Crippen LogP) is 3.41. The molecule has 1 heterocycles. The minimum Gasteiger partial charge on any atom is -0.474 e. The normalized spacial score (nSPS) is 26.4. The van der Waals surface area contributed by atoms with Crippen LogP contribution in [0, 0.1) is 5.92 Å². The van der Waals surface area contributed by atoms with Crippen LogP contribution in [0.2, 0.25) is 0 Å². The molecule has 1 aliphatic carbocycles. The van der Waals surface area contributed by atoms with Crippen LogP contribution in [0.25, 0.3) is 0 Å². The molecule has 2 rings (SSSR count). The van der Waals surface area contributed by atoms with Crippen molar-refractivity contribution in [2.45, 2.75) is 32.3 Å². The van der Waals surface area contributed by atoms with Crippen LogP contribution in [0.4, 0.5) is 0 Å². The maximum absolute atomic E-state index is 5.77. The number of hydrogen-bond donors (Lipinski definition) is 0. The van der Waals surface area contributed by atoms with Gasteiger partial charge in [0, 0.05) is 16.7 Å². The van der Waals surface area contributed by atoms with Crippen molar-refractivity contribution < 1.29 is 4.74 Å². The van der Waals surface area contributed by atoms with E-state index in [0.29, 0.717) is 6.10 Å². The van der Waals surface area contributed by atoms with Crippen LogP contribution in [-0.2, 0) is 0 Å². The average molecular weight is 256 g/mol. The molecule has 0 aromatic carbocycles. The van der Waals surface area contributed by atoms with Crippen molar-refractivity contribution in [3.8, 4) is 5.88 Å². The lowest BCUT2D eigenvalue weighted by molar-refractivity contribution is 0.197. The van der Waals surface area contributed by atoms with Crippen LogP contribution in [0.1, 0.15) is 26.2 Å². The molecule has 3 heteroatoms. The molecule has 0 spiro atoms. The summed E-state index contributed by atoms with van der Waals surface area (Å²) in [6, 6.07) is 3.87. The van der Waals surface area contributed by atoms with Gasteiger partial charge >= 0.3 is 0 Å². The third kappa shape index (κ3) is 2.47. The summed E-state index contributed by atoms with van der Waals surface area (Å²) in [5.41, 5.74) is 0. The third-order valence-corrected chi connectivity index (χ3v) is 3.10. The van der Waals surface area contributed by atoms with Gasteiger partial charge in [0.2, 0.25) is 5.88 Å². The van der Waals surface area contributed by atoms with Gasteiger partial charge in [-0.1, -0.05) is 6.92 Å². The highest BCUT2D eigenvalue weighted by Crippen LogP contribution is 2.28. The van der Waals surface area contributed by atoms with E-state index in [4.69, 9.17) is 4.74 Å². The van der Waals surface area contributed by atoms with Crippen LogP contribution >= 0.6 is 15.9 Å². The molecule has 0 saturated heterocycles. The van der Waals surface area contributed by atoms with E-state index in [9.17, 15) is 0 Å². The number of nitrogens with zero attached hydrogens (tertiary/aromatic N) is 1. The molecule has 2 unspecified atom stereocenters. The van der Waals surface area contributed by atoms with Crippen molar-refractivity contribution in [2.75, 3.05) is 0 Å². The number of hydrogen-bond acceptors (Lipinski definition) is 2. The van der Waals surface area contributed by atoms with Crippen molar-refractivity contribution in [1.29, 1.82) is 0 Å². The zero-order valence-electron chi connectivity index (χ0n) is 8.24. The number of rotatable bonds is 2. The van der Waals surface area contributed by atoms with Crippen molar-refractivity contribution in [2.24, 2.45) is 5.92 Å². The zero-order valence-corrected chi connectivity index (χ0v) is 9.83. The SMILES string of the molecule is CC1CCC(Oc2ccc(Br)cn2)C1. The highest BCUT2D eigenvalue weighted by Gasteiger charge is 2.22. The van der Waals surface area contributed by atoms with Gasteiger partial charge < -0.3 is 4.74 Å². The van der Waals surface area contributed by atoms with Gasteiger partial charge in [0.15, 0.2) is 0 Å². The molecule has 2 atom stereocenters. The molecular weight excluding hydrogens is 242 g/mol. The van der Waals surface area contributed by atoms with Gasteiger partial charge in [-0.25, -0.2) is 4.98 Å². The number of halogens is 1. The zero-order chi connectivity index (χ0) is 9.97. The standard InChI is InChI=1S/C11H14BrNO/c1-8-2-4-10(6-8)14-11-5-3-9(12)7-13-11/h3,5,7-8,10H,2,4,6H2,1H3. The van der Waals surface area contributed by atoms with E-state index in [2.05, 4.69) is 27.8 Å². The molecule has 0 radical (unpaired) electrons. The van der Waals surface area contributed by atoms with E-state index in [1.54, 1.807) is 6.20 Å². The maximum atomic E-state index is 5.77. The van der Waals surface area contributed by atoms with E-state index in [-0.39, 0.29) is 0 Å². The number of aromatic nitrogens is 1. The fourth-order valence-corrected chi connectivity index (χ4v) is 2.10. The quantitative estimate of drug-likeness (QED) is 0.808. The summed E-state index contributed by atoms with van der Waals surface area (Å²) in [4.78, 5) is 4.20. The molecule has 76 valence electrons. The van der Waals surface area contributed by atoms with E-state index in [1.807, 2.05) is 12.1 Å². The first-order valence-corrected chi connectivity index (χ1v) is 5.81. The Bertz CT molecular complexity index is 299. The van der Waals surface area contributed by atoms with E-state index >= 15 is 0 Å². The summed E-state index contributed by atoms with van der Waals surface area (Å²) in [5, 5.41) is 0. The Morgan fingerprint density at radius 1 is 1.43 bits per heavy atom. The Labute approximate surface area is 92.8 Å². The second-order valence-corrected chi connectivity index (χ2v) is 4.89. The van der Waals surface area contributed by atoms with Crippen molar-refractivity contribution >= 4 is 15.9 Å². The number of pyridine rings is 1. The monoisotopic (exact) mass is 255 g/mol. The van der Waals surface area contributed by atoms with E-state index in [1.165, 1.54) is 12.8 Å². The lowest BCUT2D eigenvalue weighted by atomic mass is 10.1. The van der Waals surface area contributed by atoms with Gasteiger partial charge in [-0.15, -0.1) is 0 Å². The molecule has 0 aliphatic heterocycles. The molecule has 0 bridgehead atoms. The first-order valence-electron chi connectivity index (χ1n) is 5.02. The first-order chi connectivity index (χ1) is 6.74. The van der Waals surface area contributed by atoms with Crippen LogP contribution in [0.3, 0.4) is 0 Å². The van der Waals surface area contributed by atoms with Crippen molar-refractivity contribution in [3.63, 3.8) is 0 Å². The van der Waals surface area contributed by atoms with Crippen molar-refractivity contribution in [3.05, 3.63) is 22.8 Å². The van der Waals surface area contributed by atoms with Gasteiger partial charge in [0.1, 0.15) is 6.10 Å². The molecular formula is C11H14BrNO. The summed E-state index contributed by atoms with van der Waals surface area (Å²) in [7, 11) is 0. The molecule has 1 aliphatic rings. The molecule has 0 amide bonds. The van der Waals surface area contributed by atoms with Gasteiger partial charge in [0.25, 0.3) is 0 Å². The van der Waals surface area contributed by atoms with Gasteiger partial charge in [0.05, 0.1) is 0 Å². The van der Waals surface area contributed by atoms with Gasteiger partial charge in [-0.05, 0) is 47.2 Å². The third-order valence-electron chi connectivity index (χ3n) is 2.63. The molecule has 1 aromatic rings. The summed E-state index contributed by atoms with van der Waals surface area (Å²) < 4.78 is 6.76. The fraction of sp³-hybridized carbons (Fsp3) is 0.545. The highest BCUT2D eigenvalue weighted by molar-refractivity contribution is 9.10. The minimum atomic E-state index is 0.374. The summed E-state index contributed by atoms with van der Waals surface area (Å²) in [6.45, 7) is 2.28. The van der Waals surface area contributed by atoms with E-state index < -0.39 is 0 Å². The lowest BCUT2D eigenvalue weighted by Gasteiger charge is -2.11. The predicted molar refractivity (Wildman–Crippen MR) is 59.4 cm³/mol. The second-order valence-electron chi connectivity index (χ2n) is 3.97. The molecule has 1 saturated carbocycles. The van der Waals surface area contributed by atoms with Crippen LogP contribution in [0.5, 0.6) is 5.88 Å². The summed E-state index contributed by atoms with van der Waals surface area (Å²) in [6.07, 6.45) is 5.75. The fourth-order valence-electron chi connectivity index (χ4n) is 1.86. The molecule has 14 heavy (non-hydrogen) atoms. The number of ether oxygens (including phenoxy) is 1. The molecule has 2 nitrogen and oxygen atoms in total. The average Bonchev–Trinajstić information content (AvgIpc) is 2.56. The maximum Gasteiger partial charge on any atom is 0.213 e. The lowest BCUT2D eigenvalue weighted by Crippen LogP contribution is -2.12. The Balaban J connectivity index is 1.94. The summed E-state index contributed by atoms with van der Waals surface area (Å²) in [5.74, 6) is 1.54. The Morgan fingerprint density at radius 2 is 2.29 bits per heavy atom. The first kappa shape index (κ1) is 9.97. The highest BCUT2D eigenvalue weighted by atomic mass is 79.9. The van der Waals surface area contributed by atoms with Gasteiger partial charge in [-0.2, -0.15) is 0 Å².